The Morgan fingerprint density at radius 3 is 3.00 bits per heavy atom. The summed E-state index contributed by atoms with van der Waals surface area (Å²) in [6.07, 6.45) is 8.84. The summed E-state index contributed by atoms with van der Waals surface area (Å²) >= 11 is 1.77. The Kier molecular flexibility index (Phi) is 4.99. The standard InChI is InChI=1S/C14H24N2S/c1-3-12-6-4-5-7-13(12)16-10-11(2)14-15-8-9-17-14/h8-9,11-13,16H,3-7,10H2,1-2H3. The zero-order valence-electron chi connectivity index (χ0n) is 11.0. The van der Waals surface area contributed by atoms with E-state index in [2.05, 4.69) is 29.5 Å². The van der Waals surface area contributed by atoms with E-state index < -0.39 is 0 Å². The fourth-order valence-electron chi connectivity index (χ4n) is 2.86. The van der Waals surface area contributed by atoms with Crippen LogP contribution in [-0.2, 0) is 0 Å². The van der Waals surface area contributed by atoms with E-state index in [1.165, 1.54) is 37.1 Å². The van der Waals surface area contributed by atoms with Crippen LogP contribution in [0.1, 0.15) is 56.9 Å². The van der Waals surface area contributed by atoms with Crippen molar-refractivity contribution in [2.24, 2.45) is 5.92 Å². The Morgan fingerprint density at radius 1 is 1.47 bits per heavy atom. The smallest absolute Gasteiger partial charge is 0.0965 e. The molecule has 1 aromatic heterocycles. The first-order valence-electron chi connectivity index (χ1n) is 6.94. The molecule has 0 aromatic carbocycles. The Balaban J connectivity index is 1.80. The van der Waals surface area contributed by atoms with E-state index in [0.29, 0.717) is 5.92 Å². The third kappa shape index (κ3) is 3.52. The number of hydrogen-bond acceptors (Lipinski definition) is 3. The molecule has 1 N–H and O–H groups in total. The van der Waals surface area contributed by atoms with Crippen molar-refractivity contribution in [3.63, 3.8) is 0 Å². The van der Waals surface area contributed by atoms with Gasteiger partial charge < -0.3 is 5.32 Å². The third-order valence-electron chi connectivity index (χ3n) is 3.99. The van der Waals surface area contributed by atoms with Crippen LogP contribution in [0.2, 0.25) is 0 Å². The molecule has 0 radical (unpaired) electrons. The molecule has 0 aliphatic heterocycles. The minimum Gasteiger partial charge on any atom is -0.313 e. The molecule has 3 unspecified atom stereocenters. The molecule has 0 spiro atoms. The predicted octanol–water partition coefficient (Wildman–Crippen LogP) is 3.81. The molecule has 17 heavy (non-hydrogen) atoms. The summed E-state index contributed by atoms with van der Waals surface area (Å²) in [4.78, 5) is 4.40. The summed E-state index contributed by atoms with van der Waals surface area (Å²) in [7, 11) is 0. The number of thiazole rings is 1. The molecular formula is C14H24N2S. The second-order valence-corrected chi connectivity index (χ2v) is 6.17. The average molecular weight is 252 g/mol. The van der Waals surface area contributed by atoms with Gasteiger partial charge in [0.2, 0.25) is 0 Å². The van der Waals surface area contributed by atoms with E-state index in [-0.39, 0.29) is 0 Å². The lowest BCUT2D eigenvalue weighted by Crippen LogP contribution is -2.40. The molecular weight excluding hydrogens is 228 g/mol. The van der Waals surface area contributed by atoms with Gasteiger partial charge in [-0.05, 0) is 18.8 Å². The second kappa shape index (κ2) is 6.50. The molecule has 1 aliphatic rings. The van der Waals surface area contributed by atoms with Crippen molar-refractivity contribution in [2.75, 3.05) is 6.54 Å². The van der Waals surface area contributed by atoms with Crippen LogP contribution in [0.3, 0.4) is 0 Å². The molecule has 3 heteroatoms. The molecule has 1 aromatic rings. The van der Waals surface area contributed by atoms with Crippen LogP contribution in [0.25, 0.3) is 0 Å². The van der Waals surface area contributed by atoms with Gasteiger partial charge in [-0.25, -0.2) is 4.98 Å². The van der Waals surface area contributed by atoms with Crippen molar-refractivity contribution in [1.29, 1.82) is 0 Å². The van der Waals surface area contributed by atoms with Gasteiger partial charge in [0.25, 0.3) is 0 Å². The largest absolute Gasteiger partial charge is 0.313 e. The second-order valence-electron chi connectivity index (χ2n) is 5.24. The van der Waals surface area contributed by atoms with E-state index in [1.54, 1.807) is 11.3 Å². The molecule has 1 aliphatic carbocycles. The zero-order valence-corrected chi connectivity index (χ0v) is 11.8. The van der Waals surface area contributed by atoms with Crippen molar-refractivity contribution in [2.45, 2.75) is 57.9 Å². The van der Waals surface area contributed by atoms with Gasteiger partial charge in [0.05, 0.1) is 5.01 Å². The fraction of sp³-hybridized carbons (Fsp3) is 0.786. The van der Waals surface area contributed by atoms with Gasteiger partial charge >= 0.3 is 0 Å². The van der Waals surface area contributed by atoms with Crippen molar-refractivity contribution in [3.05, 3.63) is 16.6 Å². The number of nitrogens with one attached hydrogen (secondary N) is 1. The van der Waals surface area contributed by atoms with Crippen LogP contribution in [0.4, 0.5) is 0 Å². The van der Waals surface area contributed by atoms with Gasteiger partial charge in [0.1, 0.15) is 0 Å². The molecule has 0 amide bonds. The molecule has 96 valence electrons. The van der Waals surface area contributed by atoms with Gasteiger partial charge in [-0.1, -0.05) is 33.1 Å². The highest BCUT2D eigenvalue weighted by molar-refractivity contribution is 7.09. The first kappa shape index (κ1) is 13.0. The van der Waals surface area contributed by atoms with Crippen molar-refractivity contribution in [1.82, 2.24) is 10.3 Å². The summed E-state index contributed by atoms with van der Waals surface area (Å²) in [5.41, 5.74) is 0. The van der Waals surface area contributed by atoms with Crippen molar-refractivity contribution in [3.8, 4) is 0 Å². The van der Waals surface area contributed by atoms with Crippen LogP contribution in [0.15, 0.2) is 11.6 Å². The number of aromatic nitrogens is 1. The topological polar surface area (TPSA) is 24.9 Å². The Hall–Kier alpha value is -0.410. The molecule has 2 rings (SSSR count). The van der Waals surface area contributed by atoms with Crippen molar-refractivity contribution < 1.29 is 0 Å². The van der Waals surface area contributed by atoms with Gasteiger partial charge in [-0.3, -0.25) is 0 Å². The Bertz CT molecular complexity index is 310. The summed E-state index contributed by atoms with van der Waals surface area (Å²) in [5, 5.41) is 7.11. The van der Waals surface area contributed by atoms with Crippen LogP contribution in [0.5, 0.6) is 0 Å². The number of hydrogen-bond donors (Lipinski definition) is 1. The number of rotatable bonds is 5. The molecule has 1 heterocycles. The summed E-state index contributed by atoms with van der Waals surface area (Å²) in [5.74, 6) is 1.45. The maximum absolute atomic E-state index is 4.40. The lowest BCUT2D eigenvalue weighted by atomic mass is 9.83. The highest BCUT2D eigenvalue weighted by Crippen LogP contribution is 2.27. The van der Waals surface area contributed by atoms with E-state index in [4.69, 9.17) is 0 Å². The third-order valence-corrected chi connectivity index (χ3v) is 5.00. The molecule has 2 nitrogen and oxygen atoms in total. The Morgan fingerprint density at radius 2 is 2.29 bits per heavy atom. The van der Waals surface area contributed by atoms with E-state index >= 15 is 0 Å². The highest BCUT2D eigenvalue weighted by atomic mass is 32.1. The monoisotopic (exact) mass is 252 g/mol. The van der Waals surface area contributed by atoms with Gasteiger partial charge in [-0.15, -0.1) is 11.3 Å². The summed E-state index contributed by atoms with van der Waals surface area (Å²) in [6, 6.07) is 0.746. The minimum absolute atomic E-state index is 0.550. The van der Waals surface area contributed by atoms with Crippen LogP contribution < -0.4 is 5.32 Å². The number of nitrogens with zero attached hydrogens (tertiary/aromatic N) is 1. The van der Waals surface area contributed by atoms with E-state index in [0.717, 1.165) is 18.5 Å². The molecule has 1 fully saturated rings. The van der Waals surface area contributed by atoms with Crippen LogP contribution >= 0.6 is 11.3 Å². The average Bonchev–Trinajstić information content (AvgIpc) is 2.90. The molecule has 0 saturated heterocycles. The zero-order chi connectivity index (χ0) is 12.1. The Labute approximate surface area is 109 Å². The van der Waals surface area contributed by atoms with Gasteiger partial charge in [0, 0.05) is 30.1 Å². The molecule has 0 bridgehead atoms. The molecule has 1 saturated carbocycles. The quantitative estimate of drug-likeness (QED) is 0.862. The first-order chi connectivity index (χ1) is 8.31. The molecule has 3 atom stereocenters. The highest BCUT2D eigenvalue weighted by Gasteiger charge is 2.23. The fourth-order valence-corrected chi connectivity index (χ4v) is 3.56. The van der Waals surface area contributed by atoms with E-state index in [1.807, 2.05) is 6.20 Å². The van der Waals surface area contributed by atoms with Crippen LogP contribution in [-0.4, -0.2) is 17.6 Å². The maximum Gasteiger partial charge on any atom is 0.0965 e. The van der Waals surface area contributed by atoms with Gasteiger partial charge in [0.15, 0.2) is 0 Å². The van der Waals surface area contributed by atoms with Gasteiger partial charge in [-0.2, -0.15) is 0 Å². The predicted molar refractivity (Wildman–Crippen MR) is 74.6 cm³/mol. The van der Waals surface area contributed by atoms with Crippen molar-refractivity contribution >= 4 is 11.3 Å². The summed E-state index contributed by atoms with van der Waals surface area (Å²) in [6.45, 7) is 5.68. The van der Waals surface area contributed by atoms with E-state index in [9.17, 15) is 0 Å². The maximum atomic E-state index is 4.40. The lowest BCUT2D eigenvalue weighted by Gasteiger charge is -2.32. The van der Waals surface area contributed by atoms with Crippen LogP contribution in [0, 0.1) is 5.92 Å². The minimum atomic E-state index is 0.550. The SMILES string of the molecule is CCC1CCCCC1NCC(C)c1nccs1. The first-order valence-corrected chi connectivity index (χ1v) is 7.82. The lowest BCUT2D eigenvalue weighted by molar-refractivity contribution is 0.253. The summed E-state index contributed by atoms with van der Waals surface area (Å²) < 4.78 is 0. The normalized spacial score (nSPS) is 26.9.